The number of hydrogen-bond acceptors (Lipinski definition) is 4. The van der Waals surface area contributed by atoms with Crippen LogP contribution in [0, 0.1) is 0 Å². The lowest BCUT2D eigenvalue weighted by molar-refractivity contribution is -0.117. The van der Waals surface area contributed by atoms with Gasteiger partial charge in [-0.3, -0.25) is 4.79 Å². The van der Waals surface area contributed by atoms with E-state index in [1.54, 1.807) is 6.20 Å². The van der Waals surface area contributed by atoms with Gasteiger partial charge in [0.05, 0.1) is 6.04 Å². The minimum atomic E-state index is -0.0655. The number of amides is 1. The maximum atomic E-state index is 11.9. The molecule has 0 radical (unpaired) electrons. The van der Waals surface area contributed by atoms with Crippen LogP contribution < -0.4 is 10.6 Å². The predicted molar refractivity (Wildman–Crippen MR) is 71.3 cm³/mol. The summed E-state index contributed by atoms with van der Waals surface area (Å²) in [7, 11) is 4.03. The largest absolute Gasteiger partial charge is 0.309 e. The van der Waals surface area contributed by atoms with Gasteiger partial charge in [0, 0.05) is 12.7 Å². The zero-order valence-corrected chi connectivity index (χ0v) is 10.9. The Morgan fingerprint density at radius 1 is 1.61 bits per heavy atom. The molecule has 2 N–H and O–H groups in total. The highest BCUT2D eigenvalue weighted by atomic mass is 16.2. The Hall–Kier alpha value is -1.46. The number of nitrogens with one attached hydrogen (secondary N) is 2. The first-order chi connectivity index (χ1) is 8.65. The normalized spacial score (nSPS) is 19.2. The number of carbonyl (C=O) groups excluding carboxylic acids is 1. The fourth-order valence-electron chi connectivity index (χ4n) is 2.13. The van der Waals surface area contributed by atoms with Crippen LogP contribution in [0.4, 0.5) is 5.82 Å². The summed E-state index contributed by atoms with van der Waals surface area (Å²) in [6.45, 7) is 1.76. The molecular formula is C13H20N4O. The number of anilines is 1. The number of hydrogen-bond donors (Lipinski definition) is 2. The van der Waals surface area contributed by atoms with Crippen LogP contribution in [0.5, 0.6) is 0 Å². The highest BCUT2D eigenvalue weighted by Gasteiger charge is 2.22. The number of aromatic nitrogens is 1. The van der Waals surface area contributed by atoms with Gasteiger partial charge in [0.25, 0.3) is 0 Å². The summed E-state index contributed by atoms with van der Waals surface area (Å²) < 4.78 is 0. The van der Waals surface area contributed by atoms with E-state index in [4.69, 9.17) is 0 Å². The van der Waals surface area contributed by atoms with Crippen molar-refractivity contribution in [3.8, 4) is 0 Å². The van der Waals surface area contributed by atoms with Gasteiger partial charge < -0.3 is 15.5 Å². The summed E-state index contributed by atoms with van der Waals surface area (Å²) in [6.07, 6.45) is 3.70. The van der Waals surface area contributed by atoms with Crippen LogP contribution in [0.3, 0.4) is 0 Å². The molecule has 2 heterocycles. The SMILES string of the molecule is CN(C)Cc1ccnc(NC(=O)C2CCCN2)c1. The molecule has 0 aliphatic carbocycles. The first kappa shape index (κ1) is 13.0. The maximum Gasteiger partial charge on any atom is 0.242 e. The van der Waals surface area contributed by atoms with Crippen molar-refractivity contribution in [2.45, 2.75) is 25.4 Å². The Labute approximate surface area is 108 Å². The second-order valence-corrected chi connectivity index (χ2v) is 4.93. The lowest BCUT2D eigenvalue weighted by Crippen LogP contribution is -2.35. The Morgan fingerprint density at radius 2 is 2.44 bits per heavy atom. The third kappa shape index (κ3) is 3.51. The summed E-state index contributed by atoms with van der Waals surface area (Å²) in [6, 6.07) is 3.82. The van der Waals surface area contributed by atoms with Gasteiger partial charge in [-0.15, -0.1) is 0 Å². The molecule has 1 atom stereocenters. The molecule has 1 saturated heterocycles. The first-order valence-electron chi connectivity index (χ1n) is 6.29. The summed E-state index contributed by atoms with van der Waals surface area (Å²) in [5.41, 5.74) is 1.14. The van der Waals surface area contributed by atoms with E-state index in [2.05, 4.69) is 20.5 Å². The second-order valence-electron chi connectivity index (χ2n) is 4.93. The Kier molecular flexibility index (Phi) is 4.28. The average molecular weight is 248 g/mol. The van der Waals surface area contributed by atoms with Gasteiger partial charge in [-0.25, -0.2) is 4.98 Å². The molecule has 98 valence electrons. The van der Waals surface area contributed by atoms with Gasteiger partial charge >= 0.3 is 0 Å². The Balaban J connectivity index is 1.97. The monoisotopic (exact) mass is 248 g/mol. The maximum absolute atomic E-state index is 11.9. The van der Waals surface area contributed by atoms with E-state index in [0.29, 0.717) is 5.82 Å². The number of carbonyl (C=O) groups is 1. The van der Waals surface area contributed by atoms with Crippen molar-refractivity contribution in [3.05, 3.63) is 23.9 Å². The topological polar surface area (TPSA) is 57.3 Å². The molecule has 0 bridgehead atoms. The van der Waals surface area contributed by atoms with Crippen LogP contribution in [-0.4, -0.2) is 42.5 Å². The first-order valence-corrected chi connectivity index (χ1v) is 6.29. The van der Waals surface area contributed by atoms with Crippen molar-refractivity contribution >= 4 is 11.7 Å². The van der Waals surface area contributed by atoms with Crippen LogP contribution in [0.2, 0.25) is 0 Å². The van der Waals surface area contributed by atoms with E-state index in [-0.39, 0.29) is 11.9 Å². The third-order valence-corrected chi connectivity index (χ3v) is 2.95. The molecule has 1 aromatic heterocycles. The average Bonchev–Trinajstić information content (AvgIpc) is 2.81. The van der Waals surface area contributed by atoms with Crippen LogP contribution in [0.25, 0.3) is 0 Å². The molecule has 1 aliphatic rings. The zero-order valence-electron chi connectivity index (χ0n) is 10.9. The Bertz CT molecular complexity index is 413. The van der Waals surface area contributed by atoms with Gasteiger partial charge in [0.1, 0.15) is 5.82 Å². The minimum Gasteiger partial charge on any atom is -0.309 e. The van der Waals surface area contributed by atoms with Crippen molar-refractivity contribution in [3.63, 3.8) is 0 Å². The van der Waals surface area contributed by atoms with E-state index < -0.39 is 0 Å². The van der Waals surface area contributed by atoms with Gasteiger partial charge in [0.2, 0.25) is 5.91 Å². The van der Waals surface area contributed by atoms with Crippen molar-refractivity contribution in [2.24, 2.45) is 0 Å². The predicted octanol–water partition coefficient (Wildman–Crippen LogP) is 0.834. The standard InChI is InChI=1S/C13H20N4O/c1-17(2)9-10-5-7-15-12(8-10)16-13(18)11-4-3-6-14-11/h5,7-8,11,14H,3-4,6,9H2,1-2H3,(H,15,16,18). The van der Waals surface area contributed by atoms with E-state index in [0.717, 1.165) is 31.5 Å². The fraction of sp³-hybridized carbons (Fsp3) is 0.538. The van der Waals surface area contributed by atoms with E-state index in [9.17, 15) is 4.79 Å². The van der Waals surface area contributed by atoms with Crippen molar-refractivity contribution in [1.29, 1.82) is 0 Å². The van der Waals surface area contributed by atoms with Crippen molar-refractivity contribution in [1.82, 2.24) is 15.2 Å². The number of rotatable bonds is 4. The van der Waals surface area contributed by atoms with Gasteiger partial charge in [0.15, 0.2) is 0 Å². The number of nitrogens with zero attached hydrogens (tertiary/aromatic N) is 2. The molecular weight excluding hydrogens is 228 g/mol. The van der Waals surface area contributed by atoms with E-state index in [1.165, 1.54) is 0 Å². The molecule has 1 aromatic rings. The van der Waals surface area contributed by atoms with Crippen LogP contribution in [-0.2, 0) is 11.3 Å². The van der Waals surface area contributed by atoms with E-state index in [1.807, 2.05) is 26.2 Å². The zero-order chi connectivity index (χ0) is 13.0. The van der Waals surface area contributed by atoms with E-state index >= 15 is 0 Å². The fourth-order valence-corrected chi connectivity index (χ4v) is 2.13. The van der Waals surface area contributed by atoms with Crippen LogP contribution in [0.15, 0.2) is 18.3 Å². The smallest absolute Gasteiger partial charge is 0.242 e. The molecule has 5 heteroatoms. The Morgan fingerprint density at radius 3 is 3.11 bits per heavy atom. The second kappa shape index (κ2) is 5.93. The summed E-state index contributed by atoms with van der Waals surface area (Å²) in [5, 5.41) is 6.04. The van der Waals surface area contributed by atoms with Gasteiger partial charge in [-0.1, -0.05) is 0 Å². The quantitative estimate of drug-likeness (QED) is 0.829. The lowest BCUT2D eigenvalue weighted by Gasteiger charge is -2.13. The van der Waals surface area contributed by atoms with Gasteiger partial charge in [-0.2, -0.15) is 0 Å². The van der Waals surface area contributed by atoms with Gasteiger partial charge in [-0.05, 0) is 51.2 Å². The summed E-state index contributed by atoms with van der Waals surface area (Å²) in [4.78, 5) is 18.2. The van der Waals surface area contributed by atoms with Crippen LogP contribution in [0.1, 0.15) is 18.4 Å². The molecule has 1 fully saturated rings. The summed E-state index contributed by atoms with van der Waals surface area (Å²) >= 11 is 0. The highest BCUT2D eigenvalue weighted by molar-refractivity contribution is 5.94. The van der Waals surface area contributed by atoms with Crippen molar-refractivity contribution in [2.75, 3.05) is 26.0 Å². The third-order valence-electron chi connectivity index (χ3n) is 2.95. The van der Waals surface area contributed by atoms with Crippen molar-refractivity contribution < 1.29 is 4.79 Å². The molecule has 0 spiro atoms. The molecule has 0 saturated carbocycles. The molecule has 2 rings (SSSR count). The molecule has 1 aliphatic heterocycles. The highest BCUT2D eigenvalue weighted by Crippen LogP contribution is 2.11. The molecule has 5 nitrogen and oxygen atoms in total. The number of pyridine rings is 1. The molecule has 1 unspecified atom stereocenters. The minimum absolute atomic E-state index is 0.0157. The molecule has 0 aromatic carbocycles. The summed E-state index contributed by atoms with van der Waals surface area (Å²) in [5.74, 6) is 0.648. The lowest BCUT2D eigenvalue weighted by atomic mass is 10.2. The van der Waals surface area contributed by atoms with Crippen LogP contribution >= 0.6 is 0 Å². The molecule has 1 amide bonds. The molecule has 18 heavy (non-hydrogen) atoms.